The fraction of sp³-hybridized carbons (Fsp3) is 0.522. The number of hydrogen-bond acceptors (Lipinski definition) is 5. The third kappa shape index (κ3) is 7.03. The molecule has 1 saturated heterocycles. The number of alkyl halides is 3. The van der Waals surface area contributed by atoms with E-state index in [0.717, 1.165) is 37.8 Å². The minimum Gasteiger partial charge on any atom is -0.382 e. The Hall–Kier alpha value is -2.91. The molecule has 10 heteroatoms. The number of aromatic nitrogens is 2. The third-order valence-corrected chi connectivity index (χ3v) is 5.66. The van der Waals surface area contributed by atoms with E-state index in [1.165, 1.54) is 0 Å². The van der Waals surface area contributed by atoms with Crippen LogP contribution < -0.4 is 15.5 Å². The van der Waals surface area contributed by atoms with E-state index in [1.807, 2.05) is 4.90 Å². The van der Waals surface area contributed by atoms with Crippen LogP contribution in [-0.4, -0.2) is 41.8 Å². The Morgan fingerprint density at radius 2 is 1.85 bits per heavy atom. The Morgan fingerprint density at radius 3 is 2.48 bits per heavy atom. The van der Waals surface area contributed by atoms with E-state index in [1.54, 1.807) is 12.1 Å². The van der Waals surface area contributed by atoms with Crippen LogP contribution in [0.2, 0.25) is 0 Å². The van der Waals surface area contributed by atoms with Crippen LogP contribution in [0.25, 0.3) is 0 Å². The molecule has 0 atom stereocenters. The summed E-state index contributed by atoms with van der Waals surface area (Å²) in [6.07, 6.45) is 0.803. The molecule has 180 valence electrons. The molecule has 2 aromatic rings. The van der Waals surface area contributed by atoms with E-state index >= 15 is 0 Å². The topological polar surface area (TPSA) is 70.2 Å². The Morgan fingerprint density at radius 1 is 1.09 bits per heavy atom. The molecular formula is C23H29F4N5O. The molecule has 33 heavy (non-hydrogen) atoms. The number of carbonyl (C=O) groups excluding carboxylic acids is 1. The van der Waals surface area contributed by atoms with E-state index in [4.69, 9.17) is 0 Å². The van der Waals surface area contributed by atoms with Crippen molar-refractivity contribution < 1.29 is 22.4 Å². The summed E-state index contributed by atoms with van der Waals surface area (Å²) in [6.45, 7) is 3.87. The molecule has 2 heterocycles. The number of nitrogens with zero attached hydrogens (tertiary/aromatic N) is 3. The van der Waals surface area contributed by atoms with Crippen LogP contribution in [-0.2, 0) is 6.18 Å². The van der Waals surface area contributed by atoms with Gasteiger partial charge in [0.15, 0.2) is 11.5 Å². The average Bonchev–Trinajstić information content (AvgIpc) is 2.80. The number of halogens is 4. The highest BCUT2D eigenvalue weighted by atomic mass is 19.4. The predicted octanol–water partition coefficient (Wildman–Crippen LogP) is 5.03. The van der Waals surface area contributed by atoms with Crippen LogP contribution in [0.4, 0.5) is 29.1 Å². The molecule has 0 saturated carbocycles. The molecule has 1 aliphatic heterocycles. The standard InChI is InChI=1S/C23H29F4N5O/c1-2-3-4-5-12-28-22(33)20-8-9-21(31-30-20)32-13-10-17(11-14-32)29-19-7-6-16(24)15-18(19)23(25,26)27/h6-9,15,17,29H,2-5,10-14H2,1H3,(H,28,33). The summed E-state index contributed by atoms with van der Waals surface area (Å²) in [7, 11) is 0. The highest BCUT2D eigenvalue weighted by Crippen LogP contribution is 2.36. The number of nitrogens with one attached hydrogen (secondary N) is 2. The van der Waals surface area contributed by atoms with E-state index in [0.29, 0.717) is 44.4 Å². The molecule has 1 aromatic heterocycles. The molecule has 1 aliphatic rings. The monoisotopic (exact) mass is 467 g/mol. The number of rotatable bonds is 9. The molecule has 1 aromatic carbocycles. The van der Waals surface area contributed by atoms with Gasteiger partial charge in [-0.2, -0.15) is 13.2 Å². The SMILES string of the molecule is CCCCCCNC(=O)c1ccc(N2CCC(Nc3ccc(F)cc3C(F)(F)F)CC2)nn1. The maximum Gasteiger partial charge on any atom is 0.418 e. The van der Waals surface area contributed by atoms with E-state index < -0.39 is 17.6 Å². The number of amides is 1. The van der Waals surface area contributed by atoms with Gasteiger partial charge >= 0.3 is 6.18 Å². The largest absolute Gasteiger partial charge is 0.418 e. The van der Waals surface area contributed by atoms with Crippen LogP contribution in [0.3, 0.4) is 0 Å². The molecule has 2 N–H and O–H groups in total. The highest BCUT2D eigenvalue weighted by molar-refractivity contribution is 5.92. The lowest BCUT2D eigenvalue weighted by Crippen LogP contribution is -2.40. The summed E-state index contributed by atoms with van der Waals surface area (Å²) in [5, 5.41) is 13.9. The Bertz CT molecular complexity index is 912. The number of anilines is 2. The van der Waals surface area contributed by atoms with Crippen molar-refractivity contribution in [3.8, 4) is 0 Å². The molecule has 0 bridgehead atoms. The third-order valence-electron chi connectivity index (χ3n) is 5.66. The maximum absolute atomic E-state index is 13.3. The zero-order valence-corrected chi connectivity index (χ0v) is 18.6. The van der Waals surface area contributed by atoms with Crippen molar-refractivity contribution in [3.05, 3.63) is 47.4 Å². The predicted molar refractivity (Wildman–Crippen MR) is 119 cm³/mol. The summed E-state index contributed by atoms with van der Waals surface area (Å²) >= 11 is 0. The maximum atomic E-state index is 13.3. The van der Waals surface area contributed by atoms with Gasteiger partial charge in [0.1, 0.15) is 5.82 Å². The lowest BCUT2D eigenvalue weighted by atomic mass is 10.0. The van der Waals surface area contributed by atoms with Gasteiger partial charge in [0.2, 0.25) is 0 Å². The van der Waals surface area contributed by atoms with Crippen molar-refractivity contribution in [2.24, 2.45) is 0 Å². The molecule has 3 rings (SSSR count). The quantitative estimate of drug-likeness (QED) is 0.400. The minimum absolute atomic E-state index is 0.118. The van der Waals surface area contributed by atoms with Gasteiger partial charge in [0.25, 0.3) is 5.91 Å². The Balaban J connectivity index is 1.51. The van der Waals surface area contributed by atoms with Crippen molar-refractivity contribution in [3.63, 3.8) is 0 Å². The Labute approximate surface area is 190 Å². The van der Waals surface area contributed by atoms with Crippen LogP contribution in [0.15, 0.2) is 30.3 Å². The van der Waals surface area contributed by atoms with Gasteiger partial charge in [-0.15, -0.1) is 10.2 Å². The van der Waals surface area contributed by atoms with Crippen molar-refractivity contribution in [2.45, 2.75) is 57.7 Å². The fourth-order valence-electron chi connectivity index (χ4n) is 3.81. The summed E-state index contributed by atoms with van der Waals surface area (Å²) in [6, 6.07) is 5.83. The van der Waals surface area contributed by atoms with Crippen molar-refractivity contribution >= 4 is 17.4 Å². The summed E-state index contributed by atoms with van der Waals surface area (Å²) < 4.78 is 53.0. The number of carbonyl (C=O) groups is 1. The lowest BCUT2D eigenvalue weighted by Gasteiger charge is -2.33. The number of unbranched alkanes of at least 4 members (excludes halogenated alkanes) is 3. The van der Waals surface area contributed by atoms with Gasteiger partial charge in [-0.25, -0.2) is 4.39 Å². The minimum atomic E-state index is -4.63. The first-order valence-electron chi connectivity index (χ1n) is 11.3. The Kier molecular flexibility index (Phi) is 8.46. The molecular weight excluding hydrogens is 438 g/mol. The lowest BCUT2D eigenvalue weighted by molar-refractivity contribution is -0.137. The first-order chi connectivity index (χ1) is 15.8. The second-order valence-corrected chi connectivity index (χ2v) is 8.19. The zero-order valence-electron chi connectivity index (χ0n) is 18.6. The molecule has 0 aliphatic carbocycles. The van der Waals surface area contributed by atoms with Crippen LogP contribution in [0.5, 0.6) is 0 Å². The van der Waals surface area contributed by atoms with Gasteiger partial charge in [0, 0.05) is 31.4 Å². The highest BCUT2D eigenvalue weighted by Gasteiger charge is 2.34. The fourth-order valence-corrected chi connectivity index (χ4v) is 3.81. The van der Waals surface area contributed by atoms with E-state index in [-0.39, 0.29) is 23.3 Å². The molecule has 6 nitrogen and oxygen atoms in total. The summed E-state index contributed by atoms with van der Waals surface area (Å²) in [5.74, 6) is -0.561. The smallest absolute Gasteiger partial charge is 0.382 e. The average molecular weight is 468 g/mol. The molecule has 0 radical (unpaired) electrons. The van der Waals surface area contributed by atoms with Crippen LogP contribution >= 0.6 is 0 Å². The van der Waals surface area contributed by atoms with Gasteiger partial charge in [-0.05, 0) is 49.6 Å². The first-order valence-corrected chi connectivity index (χ1v) is 11.3. The van der Waals surface area contributed by atoms with Crippen LogP contribution in [0.1, 0.15) is 61.5 Å². The first kappa shape index (κ1) is 24.7. The van der Waals surface area contributed by atoms with Gasteiger partial charge in [-0.1, -0.05) is 26.2 Å². The van der Waals surface area contributed by atoms with Gasteiger partial charge < -0.3 is 15.5 Å². The van der Waals surface area contributed by atoms with E-state index in [9.17, 15) is 22.4 Å². The van der Waals surface area contributed by atoms with Crippen molar-refractivity contribution in [1.82, 2.24) is 15.5 Å². The molecule has 1 amide bonds. The number of benzene rings is 1. The summed E-state index contributed by atoms with van der Waals surface area (Å²) in [4.78, 5) is 14.1. The molecule has 1 fully saturated rings. The van der Waals surface area contributed by atoms with E-state index in [2.05, 4.69) is 27.8 Å². The van der Waals surface area contributed by atoms with Crippen molar-refractivity contribution in [1.29, 1.82) is 0 Å². The van der Waals surface area contributed by atoms with Crippen LogP contribution in [0, 0.1) is 5.82 Å². The molecule has 0 unspecified atom stereocenters. The second kappa shape index (κ2) is 11.3. The summed E-state index contributed by atoms with van der Waals surface area (Å²) in [5.41, 5.74) is -0.871. The van der Waals surface area contributed by atoms with Gasteiger partial charge in [0.05, 0.1) is 5.56 Å². The zero-order chi connectivity index (χ0) is 23.8. The molecule has 0 spiro atoms. The number of piperidine rings is 1. The second-order valence-electron chi connectivity index (χ2n) is 8.19. The van der Waals surface area contributed by atoms with Gasteiger partial charge in [-0.3, -0.25) is 4.79 Å². The normalized spacial score (nSPS) is 14.9. The van der Waals surface area contributed by atoms with Crippen molar-refractivity contribution in [2.75, 3.05) is 29.9 Å². The number of hydrogen-bond donors (Lipinski definition) is 2.